The third-order valence-electron chi connectivity index (χ3n) is 8.80. The summed E-state index contributed by atoms with van der Waals surface area (Å²) in [5.41, 5.74) is 8.71. The number of hydrogen-bond donors (Lipinski definition) is 1. The monoisotopic (exact) mass is 528 g/mol. The van der Waals surface area contributed by atoms with Gasteiger partial charge in [-0.25, -0.2) is 14.5 Å². The highest BCUT2D eigenvalue weighted by molar-refractivity contribution is 5.90. The SMILES string of the molecule is Cc1c(-c2[nH]c3ccc(N4C[C@H](C)N(C(=O)CN5CCCC5)C[C@H]4C)nc3c2C(C)C)cn2ncnc2c1C. The number of carbonyl (C=O) groups is 1. The van der Waals surface area contributed by atoms with Gasteiger partial charge in [0, 0.05) is 42.5 Å². The molecule has 6 rings (SSSR count). The zero-order valence-corrected chi connectivity index (χ0v) is 24.0. The first-order valence-electron chi connectivity index (χ1n) is 14.3. The number of pyridine rings is 2. The van der Waals surface area contributed by atoms with E-state index >= 15 is 0 Å². The van der Waals surface area contributed by atoms with Gasteiger partial charge in [0.05, 0.1) is 23.3 Å². The Hall–Kier alpha value is -3.46. The lowest BCUT2D eigenvalue weighted by molar-refractivity contribution is -0.135. The highest BCUT2D eigenvalue weighted by Crippen LogP contribution is 2.38. The molecule has 0 bridgehead atoms. The Kier molecular flexibility index (Phi) is 6.57. The number of aromatic amines is 1. The molecular weight excluding hydrogens is 488 g/mol. The van der Waals surface area contributed by atoms with Crippen molar-refractivity contribution in [1.82, 2.24) is 34.4 Å². The van der Waals surface area contributed by atoms with Crippen molar-refractivity contribution < 1.29 is 4.79 Å². The molecular formula is C30H40N8O. The highest BCUT2D eigenvalue weighted by Gasteiger charge is 2.34. The normalized spacial score (nSPS) is 20.7. The molecule has 0 aliphatic carbocycles. The van der Waals surface area contributed by atoms with Crippen LogP contribution in [0.15, 0.2) is 24.7 Å². The third kappa shape index (κ3) is 4.46. The predicted molar refractivity (Wildman–Crippen MR) is 155 cm³/mol. The Balaban J connectivity index is 1.33. The van der Waals surface area contributed by atoms with E-state index in [1.165, 1.54) is 24.0 Å². The molecule has 2 aliphatic heterocycles. The van der Waals surface area contributed by atoms with Gasteiger partial charge in [0.15, 0.2) is 5.65 Å². The summed E-state index contributed by atoms with van der Waals surface area (Å²) in [4.78, 5) is 33.3. The van der Waals surface area contributed by atoms with Crippen molar-refractivity contribution in [2.75, 3.05) is 37.6 Å². The summed E-state index contributed by atoms with van der Waals surface area (Å²) in [5, 5.41) is 4.41. The van der Waals surface area contributed by atoms with Crippen molar-refractivity contribution >= 4 is 28.4 Å². The molecule has 9 nitrogen and oxygen atoms in total. The minimum absolute atomic E-state index is 0.139. The molecule has 2 saturated heterocycles. The van der Waals surface area contributed by atoms with Gasteiger partial charge in [0.2, 0.25) is 5.91 Å². The van der Waals surface area contributed by atoms with Crippen LogP contribution < -0.4 is 4.90 Å². The second-order valence-electron chi connectivity index (χ2n) is 11.8. The van der Waals surface area contributed by atoms with Crippen molar-refractivity contribution in [3.63, 3.8) is 0 Å². The maximum atomic E-state index is 13.1. The van der Waals surface area contributed by atoms with Crippen LogP contribution in [0.5, 0.6) is 0 Å². The highest BCUT2D eigenvalue weighted by atomic mass is 16.2. The molecule has 2 aliphatic rings. The van der Waals surface area contributed by atoms with E-state index in [1.54, 1.807) is 6.33 Å². The molecule has 4 aromatic rings. The summed E-state index contributed by atoms with van der Waals surface area (Å²) in [7, 11) is 0. The molecule has 0 unspecified atom stereocenters. The quantitative estimate of drug-likeness (QED) is 0.410. The number of aryl methyl sites for hydroxylation is 1. The summed E-state index contributed by atoms with van der Waals surface area (Å²) in [6.07, 6.45) is 6.09. The Morgan fingerprint density at radius 3 is 2.59 bits per heavy atom. The fraction of sp³-hybridized carbons (Fsp3) is 0.533. The van der Waals surface area contributed by atoms with E-state index in [0.29, 0.717) is 6.54 Å². The van der Waals surface area contributed by atoms with Crippen LogP contribution >= 0.6 is 0 Å². The number of H-pyrrole nitrogens is 1. The largest absolute Gasteiger partial charge is 0.353 e. The van der Waals surface area contributed by atoms with Crippen molar-refractivity contribution in [1.29, 1.82) is 0 Å². The Morgan fingerprint density at radius 2 is 1.85 bits per heavy atom. The van der Waals surface area contributed by atoms with Gasteiger partial charge in [-0.15, -0.1) is 0 Å². The molecule has 6 heterocycles. The first-order chi connectivity index (χ1) is 18.7. The van der Waals surface area contributed by atoms with Crippen LogP contribution in [0.3, 0.4) is 0 Å². The van der Waals surface area contributed by atoms with Gasteiger partial charge < -0.3 is 14.8 Å². The van der Waals surface area contributed by atoms with Crippen LogP contribution in [0.25, 0.3) is 27.9 Å². The van der Waals surface area contributed by atoms with Crippen LogP contribution in [0.1, 0.15) is 63.1 Å². The first kappa shape index (κ1) is 25.8. The molecule has 0 spiro atoms. The van der Waals surface area contributed by atoms with Crippen molar-refractivity contribution in [2.24, 2.45) is 0 Å². The maximum absolute atomic E-state index is 13.1. The Labute approximate surface area is 230 Å². The summed E-state index contributed by atoms with van der Waals surface area (Å²) in [6.45, 7) is 17.2. The predicted octanol–water partition coefficient (Wildman–Crippen LogP) is 4.53. The molecule has 2 fully saturated rings. The lowest BCUT2D eigenvalue weighted by Crippen LogP contribution is -2.59. The average molecular weight is 529 g/mol. The van der Waals surface area contributed by atoms with Crippen LogP contribution in [0.4, 0.5) is 5.82 Å². The molecule has 2 atom stereocenters. The van der Waals surface area contributed by atoms with Crippen LogP contribution in [-0.2, 0) is 4.79 Å². The fourth-order valence-corrected chi connectivity index (χ4v) is 6.48. The van der Waals surface area contributed by atoms with Crippen LogP contribution in [-0.4, -0.2) is 85.1 Å². The number of fused-ring (bicyclic) bond motifs is 2. The number of nitrogens with zero attached hydrogens (tertiary/aromatic N) is 7. The van der Waals surface area contributed by atoms with Gasteiger partial charge in [-0.2, -0.15) is 5.10 Å². The van der Waals surface area contributed by atoms with Gasteiger partial charge in [-0.1, -0.05) is 13.8 Å². The van der Waals surface area contributed by atoms with Gasteiger partial charge in [0.25, 0.3) is 0 Å². The molecule has 0 aromatic carbocycles. The number of nitrogens with one attached hydrogen (secondary N) is 1. The van der Waals surface area contributed by atoms with Crippen molar-refractivity contribution in [3.05, 3.63) is 41.3 Å². The Morgan fingerprint density at radius 1 is 1.08 bits per heavy atom. The molecule has 39 heavy (non-hydrogen) atoms. The van der Waals surface area contributed by atoms with Crippen LogP contribution in [0, 0.1) is 13.8 Å². The van der Waals surface area contributed by atoms with E-state index in [-0.39, 0.29) is 23.9 Å². The number of likely N-dealkylation sites (tertiary alicyclic amines) is 1. The number of piperazine rings is 1. The molecule has 0 radical (unpaired) electrons. The van der Waals surface area contributed by atoms with E-state index in [9.17, 15) is 4.79 Å². The summed E-state index contributed by atoms with van der Waals surface area (Å²) < 4.78 is 1.86. The van der Waals surface area contributed by atoms with Gasteiger partial charge in [0.1, 0.15) is 12.1 Å². The molecule has 4 aromatic heterocycles. The summed E-state index contributed by atoms with van der Waals surface area (Å²) in [6, 6.07) is 4.61. The molecule has 206 valence electrons. The zero-order chi connectivity index (χ0) is 27.4. The minimum Gasteiger partial charge on any atom is -0.353 e. The van der Waals surface area contributed by atoms with Crippen molar-refractivity contribution in [2.45, 2.75) is 72.4 Å². The number of hydrogen-bond acceptors (Lipinski definition) is 6. The number of amides is 1. The topological polar surface area (TPSA) is 85.7 Å². The number of anilines is 1. The Bertz CT molecular complexity index is 1530. The van der Waals surface area contributed by atoms with Crippen LogP contribution in [0.2, 0.25) is 0 Å². The van der Waals surface area contributed by atoms with E-state index in [1.807, 2.05) is 4.52 Å². The fourth-order valence-electron chi connectivity index (χ4n) is 6.48. The lowest BCUT2D eigenvalue weighted by Gasteiger charge is -2.45. The standard InChI is InChI=1S/C30H40N8O/c1-18(2)27-28(23-15-38-30(31-17-32-38)22(6)21(23)5)33-24-9-10-25(34-29(24)27)36-13-20(4)37(14-19(36)3)26(39)16-35-11-7-8-12-35/h9-10,15,17-20,33H,7-8,11-14,16H2,1-6H3/t19-,20+/m1/s1. The van der Waals surface area contributed by atoms with Gasteiger partial charge in [-0.05, 0) is 82.8 Å². The summed E-state index contributed by atoms with van der Waals surface area (Å²) >= 11 is 0. The molecule has 1 N–H and O–H groups in total. The second kappa shape index (κ2) is 9.93. The van der Waals surface area contributed by atoms with Crippen molar-refractivity contribution in [3.8, 4) is 11.3 Å². The van der Waals surface area contributed by atoms with Gasteiger partial charge in [-0.3, -0.25) is 9.69 Å². The second-order valence-corrected chi connectivity index (χ2v) is 11.8. The molecule has 9 heteroatoms. The minimum atomic E-state index is 0.139. The molecule has 0 saturated carbocycles. The van der Waals surface area contributed by atoms with E-state index < -0.39 is 0 Å². The smallest absolute Gasteiger partial charge is 0.237 e. The number of carbonyl (C=O) groups excluding carboxylic acids is 1. The maximum Gasteiger partial charge on any atom is 0.237 e. The molecule has 1 amide bonds. The van der Waals surface area contributed by atoms with E-state index in [4.69, 9.17) is 4.98 Å². The summed E-state index contributed by atoms with van der Waals surface area (Å²) in [5.74, 6) is 1.51. The van der Waals surface area contributed by atoms with Gasteiger partial charge >= 0.3 is 0 Å². The third-order valence-corrected chi connectivity index (χ3v) is 8.80. The van der Waals surface area contributed by atoms with E-state index in [0.717, 1.165) is 65.5 Å². The van der Waals surface area contributed by atoms with E-state index in [2.05, 4.69) is 89.6 Å². The first-order valence-corrected chi connectivity index (χ1v) is 14.3. The number of aromatic nitrogens is 5. The average Bonchev–Trinajstić information content (AvgIpc) is 3.66. The lowest BCUT2D eigenvalue weighted by atomic mass is 9.95. The zero-order valence-electron chi connectivity index (χ0n) is 24.0. The number of rotatable bonds is 5.